The second-order valence-corrected chi connectivity index (χ2v) is 6.29. The highest BCUT2D eigenvalue weighted by Crippen LogP contribution is 2.19. The third-order valence-electron chi connectivity index (χ3n) is 4.44. The van der Waals surface area contributed by atoms with Crippen molar-refractivity contribution in [2.24, 2.45) is 0 Å². The number of pyridine rings is 1. The lowest BCUT2D eigenvalue weighted by Crippen LogP contribution is -2.32. The van der Waals surface area contributed by atoms with E-state index in [2.05, 4.69) is 10.3 Å². The molecule has 1 amide bonds. The van der Waals surface area contributed by atoms with E-state index in [1.54, 1.807) is 13.3 Å². The van der Waals surface area contributed by atoms with Crippen LogP contribution in [-0.2, 0) is 17.9 Å². The second-order valence-electron chi connectivity index (χ2n) is 6.29. The maximum atomic E-state index is 12.2. The predicted octanol–water partition coefficient (Wildman–Crippen LogP) is 2.38. The zero-order chi connectivity index (χ0) is 18.2. The minimum Gasteiger partial charge on any atom is -0.483 e. The van der Waals surface area contributed by atoms with E-state index in [1.165, 1.54) is 0 Å². The highest BCUT2D eigenvalue weighted by Gasteiger charge is 2.18. The molecule has 6 nitrogen and oxygen atoms in total. The molecule has 2 aromatic rings. The van der Waals surface area contributed by atoms with E-state index in [1.807, 2.05) is 41.3 Å². The number of methoxy groups -OCH3 is 1. The largest absolute Gasteiger partial charge is 0.483 e. The summed E-state index contributed by atoms with van der Waals surface area (Å²) >= 11 is 0. The summed E-state index contributed by atoms with van der Waals surface area (Å²) in [5, 5.41) is 3.39. The van der Waals surface area contributed by atoms with E-state index in [-0.39, 0.29) is 12.5 Å². The van der Waals surface area contributed by atoms with Crippen LogP contribution in [-0.4, -0.2) is 42.6 Å². The number of aromatic nitrogens is 1. The first-order valence-corrected chi connectivity index (χ1v) is 8.94. The Morgan fingerprint density at radius 1 is 1.19 bits per heavy atom. The fraction of sp³-hybridized carbons (Fsp3) is 0.400. The van der Waals surface area contributed by atoms with Crippen molar-refractivity contribution < 1.29 is 14.3 Å². The van der Waals surface area contributed by atoms with Crippen LogP contribution < -0.4 is 14.8 Å². The molecule has 1 aromatic heterocycles. The Hall–Kier alpha value is -2.60. The maximum Gasteiger partial charge on any atom is 0.260 e. The van der Waals surface area contributed by atoms with Crippen molar-refractivity contribution in [3.8, 4) is 11.6 Å². The van der Waals surface area contributed by atoms with Crippen LogP contribution in [0.4, 0.5) is 0 Å². The highest BCUT2D eigenvalue weighted by atomic mass is 16.5. The van der Waals surface area contributed by atoms with Gasteiger partial charge in [0, 0.05) is 44.0 Å². The molecular formula is C20H25N3O3. The van der Waals surface area contributed by atoms with Gasteiger partial charge in [-0.15, -0.1) is 0 Å². The van der Waals surface area contributed by atoms with Gasteiger partial charge in [0.25, 0.3) is 5.91 Å². The molecular weight excluding hydrogens is 330 g/mol. The number of carbonyl (C=O) groups excluding carboxylic acids is 1. The minimum atomic E-state index is 0.0640. The normalized spacial score (nSPS) is 13.7. The van der Waals surface area contributed by atoms with Gasteiger partial charge in [0.1, 0.15) is 5.75 Å². The molecule has 3 rings (SSSR count). The topological polar surface area (TPSA) is 63.7 Å². The first-order valence-electron chi connectivity index (χ1n) is 8.94. The summed E-state index contributed by atoms with van der Waals surface area (Å²) in [5.74, 6) is 1.42. The van der Waals surface area contributed by atoms with E-state index < -0.39 is 0 Å². The lowest BCUT2D eigenvalue weighted by atomic mass is 10.2. The molecule has 1 fully saturated rings. The van der Waals surface area contributed by atoms with Crippen LogP contribution in [0, 0.1) is 0 Å². The van der Waals surface area contributed by atoms with Gasteiger partial charge in [-0.2, -0.15) is 0 Å². The van der Waals surface area contributed by atoms with Gasteiger partial charge in [-0.1, -0.05) is 18.2 Å². The molecule has 0 bridgehead atoms. The second kappa shape index (κ2) is 9.20. The zero-order valence-corrected chi connectivity index (χ0v) is 15.1. The Balaban J connectivity index is 1.52. The van der Waals surface area contributed by atoms with Crippen LogP contribution in [0.1, 0.15) is 24.0 Å². The van der Waals surface area contributed by atoms with Crippen LogP contribution in [0.15, 0.2) is 42.6 Å². The van der Waals surface area contributed by atoms with Crippen molar-refractivity contribution in [3.63, 3.8) is 0 Å². The Morgan fingerprint density at radius 2 is 2.00 bits per heavy atom. The van der Waals surface area contributed by atoms with Gasteiger partial charge in [-0.25, -0.2) is 4.98 Å². The van der Waals surface area contributed by atoms with Gasteiger partial charge in [0.15, 0.2) is 6.61 Å². The number of hydrogen-bond acceptors (Lipinski definition) is 5. The molecule has 26 heavy (non-hydrogen) atoms. The maximum absolute atomic E-state index is 12.2. The number of hydrogen-bond donors (Lipinski definition) is 1. The van der Waals surface area contributed by atoms with Crippen LogP contribution in [0.2, 0.25) is 0 Å². The molecule has 0 aliphatic carbocycles. The summed E-state index contributed by atoms with van der Waals surface area (Å²) < 4.78 is 10.9. The standard InChI is InChI=1S/C20H25N3O3/c1-25-19-12-16(8-9-22-19)13-21-14-17-6-2-3-7-18(17)26-15-20(24)23-10-4-5-11-23/h2-3,6-9,12,21H,4-5,10-11,13-15H2,1H3. The first kappa shape index (κ1) is 18.2. The Morgan fingerprint density at radius 3 is 2.81 bits per heavy atom. The molecule has 0 saturated carbocycles. The van der Waals surface area contributed by atoms with Gasteiger partial charge in [-0.05, 0) is 30.5 Å². The van der Waals surface area contributed by atoms with Gasteiger partial charge < -0.3 is 19.7 Å². The molecule has 1 N–H and O–H groups in total. The van der Waals surface area contributed by atoms with Crippen molar-refractivity contribution in [3.05, 3.63) is 53.7 Å². The van der Waals surface area contributed by atoms with Gasteiger partial charge in [0.2, 0.25) is 5.88 Å². The number of nitrogens with zero attached hydrogens (tertiary/aromatic N) is 2. The molecule has 138 valence electrons. The lowest BCUT2D eigenvalue weighted by molar-refractivity contribution is -0.132. The molecule has 1 aliphatic rings. The van der Waals surface area contributed by atoms with Gasteiger partial charge >= 0.3 is 0 Å². The molecule has 0 atom stereocenters. The molecule has 1 saturated heterocycles. The predicted molar refractivity (Wildman–Crippen MR) is 99.1 cm³/mol. The summed E-state index contributed by atoms with van der Waals surface area (Å²) in [7, 11) is 1.61. The number of likely N-dealkylation sites (tertiary alicyclic amines) is 1. The number of carbonyl (C=O) groups is 1. The summed E-state index contributed by atoms with van der Waals surface area (Å²) in [4.78, 5) is 18.1. The van der Waals surface area contributed by atoms with E-state index in [0.717, 1.165) is 42.8 Å². The number of para-hydroxylation sites is 1. The Labute approximate surface area is 154 Å². The number of nitrogens with one attached hydrogen (secondary N) is 1. The summed E-state index contributed by atoms with van der Waals surface area (Å²) in [5.41, 5.74) is 2.13. The molecule has 2 heterocycles. The number of amides is 1. The van der Waals surface area contributed by atoms with Crippen LogP contribution in [0.3, 0.4) is 0 Å². The van der Waals surface area contributed by atoms with Gasteiger partial charge in [0.05, 0.1) is 7.11 Å². The van der Waals surface area contributed by atoms with E-state index in [4.69, 9.17) is 9.47 Å². The van der Waals surface area contributed by atoms with E-state index in [9.17, 15) is 4.79 Å². The molecule has 0 spiro atoms. The fourth-order valence-corrected chi connectivity index (χ4v) is 3.00. The van der Waals surface area contributed by atoms with Gasteiger partial charge in [-0.3, -0.25) is 4.79 Å². The minimum absolute atomic E-state index is 0.0640. The van der Waals surface area contributed by atoms with Crippen molar-refractivity contribution in [1.29, 1.82) is 0 Å². The van der Waals surface area contributed by atoms with E-state index >= 15 is 0 Å². The highest BCUT2D eigenvalue weighted by molar-refractivity contribution is 5.78. The fourth-order valence-electron chi connectivity index (χ4n) is 3.00. The summed E-state index contributed by atoms with van der Waals surface area (Å²) in [6.45, 7) is 3.14. The smallest absolute Gasteiger partial charge is 0.260 e. The number of rotatable bonds is 8. The third kappa shape index (κ3) is 4.95. The number of benzene rings is 1. The average Bonchev–Trinajstić information content (AvgIpc) is 3.22. The Bertz CT molecular complexity index is 730. The van der Waals surface area contributed by atoms with Crippen molar-refractivity contribution in [2.45, 2.75) is 25.9 Å². The first-order chi connectivity index (χ1) is 12.8. The lowest BCUT2D eigenvalue weighted by Gasteiger charge is -2.17. The third-order valence-corrected chi connectivity index (χ3v) is 4.44. The average molecular weight is 355 g/mol. The van der Waals surface area contributed by atoms with Crippen molar-refractivity contribution in [1.82, 2.24) is 15.2 Å². The molecule has 0 unspecified atom stereocenters. The Kier molecular flexibility index (Phi) is 6.44. The molecule has 1 aliphatic heterocycles. The van der Waals surface area contributed by atoms with Crippen LogP contribution >= 0.6 is 0 Å². The molecule has 0 radical (unpaired) electrons. The summed E-state index contributed by atoms with van der Waals surface area (Å²) in [6, 6.07) is 11.7. The summed E-state index contributed by atoms with van der Waals surface area (Å²) in [6.07, 6.45) is 3.91. The molecule has 1 aromatic carbocycles. The van der Waals surface area contributed by atoms with Crippen LogP contribution in [0.25, 0.3) is 0 Å². The SMILES string of the molecule is COc1cc(CNCc2ccccc2OCC(=O)N2CCCC2)ccn1. The quantitative estimate of drug-likeness (QED) is 0.788. The zero-order valence-electron chi connectivity index (χ0n) is 15.1. The van der Waals surface area contributed by atoms with E-state index in [0.29, 0.717) is 19.0 Å². The van der Waals surface area contributed by atoms with Crippen LogP contribution in [0.5, 0.6) is 11.6 Å². The molecule has 6 heteroatoms. The number of ether oxygens (including phenoxy) is 2. The van der Waals surface area contributed by atoms with Crippen molar-refractivity contribution in [2.75, 3.05) is 26.8 Å². The monoisotopic (exact) mass is 355 g/mol. The van der Waals surface area contributed by atoms with Crippen molar-refractivity contribution >= 4 is 5.91 Å².